The standard InChI is InChI=1S/C13H20N2O4S/c1-4-10(2)15(9-13(14)16)20(17,18)12-7-5-11(19-3)6-8-12/h5-8,10H,4,9H2,1-3H3,(H2,14,16). The number of hydrogen-bond acceptors (Lipinski definition) is 4. The Morgan fingerprint density at radius 2 is 1.90 bits per heavy atom. The van der Waals surface area contributed by atoms with E-state index < -0.39 is 15.9 Å². The fourth-order valence-electron chi connectivity index (χ4n) is 1.72. The van der Waals surface area contributed by atoms with Crippen LogP contribution in [0.15, 0.2) is 29.2 Å². The Kier molecular flexibility index (Phi) is 5.52. The molecule has 0 aliphatic rings. The van der Waals surface area contributed by atoms with Gasteiger partial charge in [0.25, 0.3) is 0 Å². The molecule has 0 saturated heterocycles. The zero-order valence-corrected chi connectivity index (χ0v) is 12.7. The molecule has 1 aromatic carbocycles. The van der Waals surface area contributed by atoms with Gasteiger partial charge in [0.05, 0.1) is 18.6 Å². The number of carbonyl (C=O) groups is 1. The van der Waals surface area contributed by atoms with Gasteiger partial charge in [-0.3, -0.25) is 4.79 Å². The van der Waals surface area contributed by atoms with Gasteiger partial charge >= 0.3 is 0 Å². The quantitative estimate of drug-likeness (QED) is 0.812. The molecule has 1 atom stereocenters. The molecule has 1 aromatic rings. The summed E-state index contributed by atoms with van der Waals surface area (Å²) in [5, 5.41) is 0. The van der Waals surface area contributed by atoms with Gasteiger partial charge in [-0.25, -0.2) is 8.42 Å². The number of carbonyl (C=O) groups excluding carboxylic acids is 1. The van der Waals surface area contributed by atoms with Crippen LogP contribution in [0.4, 0.5) is 0 Å². The first kappa shape index (κ1) is 16.5. The minimum absolute atomic E-state index is 0.111. The van der Waals surface area contributed by atoms with Crippen molar-refractivity contribution in [2.45, 2.75) is 31.2 Å². The lowest BCUT2D eigenvalue weighted by Gasteiger charge is -2.26. The number of amides is 1. The number of nitrogens with two attached hydrogens (primary N) is 1. The second-order valence-electron chi connectivity index (χ2n) is 4.45. The van der Waals surface area contributed by atoms with Gasteiger partial charge in [0.1, 0.15) is 5.75 Å². The minimum Gasteiger partial charge on any atom is -0.497 e. The average Bonchev–Trinajstić information content (AvgIpc) is 2.43. The number of benzene rings is 1. The molecule has 0 spiro atoms. The molecule has 0 saturated carbocycles. The van der Waals surface area contributed by atoms with Gasteiger partial charge in [-0.05, 0) is 37.6 Å². The second-order valence-corrected chi connectivity index (χ2v) is 6.34. The highest BCUT2D eigenvalue weighted by Gasteiger charge is 2.29. The largest absolute Gasteiger partial charge is 0.497 e. The zero-order valence-electron chi connectivity index (χ0n) is 11.9. The van der Waals surface area contributed by atoms with E-state index in [1.165, 1.54) is 19.2 Å². The molecule has 0 bridgehead atoms. The van der Waals surface area contributed by atoms with Gasteiger partial charge in [-0.2, -0.15) is 4.31 Å². The Balaban J connectivity index is 3.17. The summed E-state index contributed by atoms with van der Waals surface area (Å²) in [6, 6.07) is 5.71. The summed E-state index contributed by atoms with van der Waals surface area (Å²) in [5.74, 6) is -0.115. The van der Waals surface area contributed by atoms with Crippen LogP contribution in [-0.2, 0) is 14.8 Å². The van der Waals surface area contributed by atoms with Crippen LogP contribution in [-0.4, -0.2) is 38.3 Å². The van der Waals surface area contributed by atoms with Crippen molar-refractivity contribution in [1.82, 2.24) is 4.31 Å². The summed E-state index contributed by atoms with van der Waals surface area (Å²) in [7, 11) is -2.25. The Hall–Kier alpha value is -1.60. The molecule has 0 aliphatic heterocycles. The Bertz CT molecular complexity index is 554. The smallest absolute Gasteiger partial charge is 0.243 e. The van der Waals surface area contributed by atoms with Gasteiger partial charge in [0, 0.05) is 6.04 Å². The summed E-state index contributed by atoms with van der Waals surface area (Å²) in [6.07, 6.45) is 0.586. The number of nitrogens with zero attached hydrogens (tertiary/aromatic N) is 1. The predicted octanol–water partition coefficient (Wildman–Crippen LogP) is 0.970. The molecular formula is C13H20N2O4S. The highest BCUT2D eigenvalue weighted by Crippen LogP contribution is 2.21. The fraction of sp³-hybridized carbons (Fsp3) is 0.462. The van der Waals surface area contributed by atoms with Crippen molar-refractivity contribution >= 4 is 15.9 Å². The summed E-state index contributed by atoms with van der Waals surface area (Å²) in [6.45, 7) is 3.26. The fourth-order valence-corrected chi connectivity index (χ4v) is 3.39. The van der Waals surface area contributed by atoms with Crippen molar-refractivity contribution in [2.24, 2.45) is 5.73 Å². The van der Waals surface area contributed by atoms with Crippen LogP contribution in [0, 0.1) is 0 Å². The van der Waals surface area contributed by atoms with Crippen molar-refractivity contribution in [3.05, 3.63) is 24.3 Å². The van der Waals surface area contributed by atoms with E-state index in [0.29, 0.717) is 12.2 Å². The van der Waals surface area contributed by atoms with Gasteiger partial charge < -0.3 is 10.5 Å². The highest BCUT2D eigenvalue weighted by atomic mass is 32.2. The molecule has 2 N–H and O–H groups in total. The second kappa shape index (κ2) is 6.71. The minimum atomic E-state index is -3.76. The van der Waals surface area contributed by atoms with E-state index in [2.05, 4.69) is 0 Å². The number of sulfonamides is 1. The summed E-state index contributed by atoms with van der Waals surface area (Å²) in [5.41, 5.74) is 5.14. The molecule has 1 rings (SSSR count). The van der Waals surface area contributed by atoms with Crippen LogP contribution in [0.3, 0.4) is 0 Å². The lowest BCUT2D eigenvalue weighted by Crippen LogP contribution is -2.43. The molecule has 7 heteroatoms. The number of primary amides is 1. The normalized spacial score (nSPS) is 13.2. The van der Waals surface area contributed by atoms with E-state index in [1.807, 2.05) is 6.92 Å². The van der Waals surface area contributed by atoms with Crippen LogP contribution in [0.5, 0.6) is 5.75 Å². The molecule has 0 radical (unpaired) electrons. The van der Waals surface area contributed by atoms with Crippen LogP contribution in [0.2, 0.25) is 0 Å². The molecule has 112 valence electrons. The predicted molar refractivity (Wildman–Crippen MR) is 75.8 cm³/mol. The SMILES string of the molecule is CCC(C)N(CC(N)=O)S(=O)(=O)c1ccc(OC)cc1. The molecule has 20 heavy (non-hydrogen) atoms. The van der Waals surface area contributed by atoms with Crippen molar-refractivity contribution < 1.29 is 17.9 Å². The third-order valence-electron chi connectivity index (χ3n) is 3.06. The van der Waals surface area contributed by atoms with Crippen LogP contribution < -0.4 is 10.5 Å². The zero-order chi connectivity index (χ0) is 15.3. The third-order valence-corrected chi connectivity index (χ3v) is 5.03. The lowest BCUT2D eigenvalue weighted by molar-refractivity contribution is -0.118. The van der Waals surface area contributed by atoms with Gasteiger partial charge in [0.2, 0.25) is 15.9 Å². The van der Waals surface area contributed by atoms with Crippen molar-refractivity contribution in [1.29, 1.82) is 0 Å². The first-order valence-corrected chi connectivity index (χ1v) is 7.71. The van der Waals surface area contributed by atoms with Crippen LogP contribution in [0.1, 0.15) is 20.3 Å². The first-order chi connectivity index (χ1) is 9.32. The van der Waals surface area contributed by atoms with Gasteiger partial charge in [-0.1, -0.05) is 6.92 Å². The third kappa shape index (κ3) is 3.71. The molecule has 1 unspecified atom stereocenters. The maximum atomic E-state index is 12.5. The Morgan fingerprint density at radius 1 is 1.35 bits per heavy atom. The van der Waals surface area contributed by atoms with Crippen molar-refractivity contribution in [3.63, 3.8) is 0 Å². The monoisotopic (exact) mass is 300 g/mol. The first-order valence-electron chi connectivity index (χ1n) is 6.27. The summed E-state index contributed by atoms with van der Waals surface area (Å²) < 4.78 is 31.2. The lowest BCUT2D eigenvalue weighted by atomic mass is 10.2. The number of hydrogen-bond donors (Lipinski definition) is 1. The average molecular weight is 300 g/mol. The van der Waals surface area contributed by atoms with Crippen molar-refractivity contribution in [3.8, 4) is 5.75 Å². The van der Waals surface area contributed by atoms with E-state index in [0.717, 1.165) is 4.31 Å². The number of rotatable bonds is 7. The molecule has 1 amide bonds. The topological polar surface area (TPSA) is 89.7 Å². The van der Waals surface area contributed by atoms with E-state index in [4.69, 9.17) is 10.5 Å². The summed E-state index contributed by atoms with van der Waals surface area (Å²) in [4.78, 5) is 11.2. The molecule has 6 nitrogen and oxygen atoms in total. The molecule has 0 aliphatic carbocycles. The highest BCUT2D eigenvalue weighted by molar-refractivity contribution is 7.89. The summed E-state index contributed by atoms with van der Waals surface area (Å²) >= 11 is 0. The Morgan fingerprint density at radius 3 is 2.30 bits per heavy atom. The van der Waals surface area contributed by atoms with E-state index >= 15 is 0 Å². The molecule has 0 fully saturated rings. The van der Waals surface area contributed by atoms with Gasteiger partial charge in [-0.15, -0.1) is 0 Å². The van der Waals surface area contributed by atoms with E-state index in [-0.39, 0.29) is 17.5 Å². The van der Waals surface area contributed by atoms with Crippen LogP contribution >= 0.6 is 0 Å². The number of methoxy groups -OCH3 is 1. The maximum Gasteiger partial charge on any atom is 0.243 e. The van der Waals surface area contributed by atoms with Crippen LogP contribution in [0.25, 0.3) is 0 Å². The molecule has 0 aromatic heterocycles. The molecular weight excluding hydrogens is 280 g/mol. The number of ether oxygens (including phenoxy) is 1. The maximum absolute atomic E-state index is 12.5. The van der Waals surface area contributed by atoms with Gasteiger partial charge in [0.15, 0.2) is 0 Å². The van der Waals surface area contributed by atoms with Crippen molar-refractivity contribution in [2.75, 3.05) is 13.7 Å². The van der Waals surface area contributed by atoms with E-state index in [1.54, 1.807) is 19.1 Å². The van der Waals surface area contributed by atoms with E-state index in [9.17, 15) is 13.2 Å². The molecule has 0 heterocycles. The Labute approximate surface area is 119 Å².